The van der Waals surface area contributed by atoms with E-state index in [0.717, 1.165) is 0 Å². The maximum absolute atomic E-state index is 10.6. The highest BCUT2D eigenvalue weighted by molar-refractivity contribution is 6.31. The maximum Gasteiger partial charge on any atom is 0.220 e. The molecule has 0 saturated heterocycles. The van der Waals surface area contributed by atoms with Crippen molar-refractivity contribution in [3.8, 4) is 0 Å². The van der Waals surface area contributed by atoms with E-state index in [1.807, 2.05) is 0 Å². The molecule has 0 aliphatic rings. The zero-order valence-electron chi connectivity index (χ0n) is 8.43. The Kier molecular flexibility index (Phi) is 4.12. The predicted molar refractivity (Wildman–Crippen MR) is 60.6 cm³/mol. The summed E-state index contributed by atoms with van der Waals surface area (Å²) in [6.07, 6.45) is -2.92. The Morgan fingerprint density at radius 2 is 2.06 bits per heavy atom. The van der Waals surface area contributed by atoms with Gasteiger partial charge in [0, 0.05) is 16.3 Å². The standard InChI is InChI=1S/C10H13ClN2O3/c11-7-2-1-5(12)3-6(7)10(16)8(14)4-9(13)15/h1-3,8,10,14,16H,4,12H2,(H2,13,15). The van der Waals surface area contributed by atoms with E-state index in [1.165, 1.54) is 12.1 Å². The van der Waals surface area contributed by atoms with Gasteiger partial charge < -0.3 is 21.7 Å². The molecule has 6 N–H and O–H groups in total. The van der Waals surface area contributed by atoms with Crippen LogP contribution in [0.1, 0.15) is 18.1 Å². The first kappa shape index (κ1) is 12.8. The van der Waals surface area contributed by atoms with E-state index >= 15 is 0 Å². The maximum atomic E-state index is 10.6. The third-order valence-corrected chi connectivity index (χ3v) is 2.46. The van der Waals surface area contributed by atoms with E-state index in [2.05, 4.69) is 0 Å². The Bertz CT molecular complexity index is 398. The number of benzene rings is 1. The molecule has 16 heavy (non-hydrogen) atoms. The number of aliphatic hydroxyl groups excluding tert-OH is 2. The van der Waals surface area contributed by atoms with E-state index in [0.29, 0.717) is 5.69 Å². The van der Waals surface area contributed by atoms with Gasteiger partial charge in [-0.25, -0.2) is 0 Å². The van der Waals surface area contributed by atoms with Crippen LogP contribution < -0.4 is 11.5 Å². The number of nitrogens with two attached hydrogens (primary N) is 2. The Hall–Kier alpha value is -1.30. The summed E-state index contributed by atoms with van der Waals surface area (Å²) < 4.78 is 0. The minimum Gasteiger partial charge on any atom is -0.399 e. The molecular weight excluding hydrogens is 232 g/mol. The number of carbonyl (C=O) groups is 1. The van der Waals surface area contributed by atoms with Crippen LogP contribution in [0, 0.1) is 0 Å². The minimum absolute atomic E-state index is 0.269. The topological polar surface area (TPSA) is 110 Å². The number of rotatable bonds is 4. The van der Waals surface area contributed by atoms with Gasteiger partial charge in [0.1, 0.15) is 6.10 Å². The first-order valence-corrected chi connectivity index (χ1v) is 4.99. The molecule has 0 aliphatic heterocycles. The molecule has 2 unspecified atom stereocenters. The number of nitrogen functional groups attached to an aromatic ring is 1. The van der Waals surface area contributed by atoms with Gasteiger partial charge in [0.15, 0.2) is 0 Å². The van der Waals surface area contributed by atoms with Gasteiger partial charge in [0.2, 0.25) is 5.91 Å². The smallest absolute Gasteiger partial charge is 0.220 e. The van der Waals surface area contributed by atoms with E-state index in [1.54, 1.807) is 6.07 Å². The van der Waals surface area contributed by atoms with Gasteiger partial charge >= 0.3 is 0 Å². The van der Waals surface area contributed by atoms with Gasteiger partial charge in [-0.1, -0.05) is 11.6 Å². The number of hydrogen-bond acceptors (Lipinski definition) is 4. The fraction of sp³-hybridized carbons (Fsp3) is 0.300. The molecule has 1 rings (SSSR count). The van der Waals surface area contributed by atoms with Gasteiger partial charge in [-0.15, -0.1) is 0 Å². The summed E-state index contributed by atoms with van der Waals surface area (Å²) in [5.41, 5.74) is 11.1. The first-order valence-electron chi connectivity index (χ1n) is 4.61. The van der Waals surface area contributed by atoms with Gasteiger partial charge in [0.25, 0.3) is 0 Å². The molecule has 5 nitrogen and oxygen atoms in total. The van der Waals surface area contributed by atoms with Crippen molar-refractivity contribution in [1.82, 2.24) is 0 Å². The lowest BCUT2D eigenvalue weighted by molar-refractivity contribution is -0.121. The summed E-state index contributed by atoms with van der Waals surface area (Å²) in [7, 11) is 0. The Morgan fingerprint density at radius 3 is 2.62 bits per heavy atom. The molecule has 1 aromatic carbocycles. The number of anilines is 1. The third-order valence-electron chi connectivity index (χ3n) is 2.11. The lowest BCUT2D eigenvalue weighted by atomic mass is 10.0. The van der Waals surface area contributed by atoms with Crippen molar-refractivity contribution in [2.75, 3.05) is 5.73 Å². The van der Waals surface area contributed by atoms with E-state index in [-0.39, 0.29) is 17.0 Å². The predicted octanol–water partition coefficient (Wildman–Crippen LogP) is 0.192. The van der Waals surface area contributed by atoms with Gasteiger partial charge in [-0.05, 0) is 18.2 Å². The monoisotopic (exact) mass is 244 g/mol. The fourth-order valence-electron chi connectivity index (χ4n) is 1.31. The summed E-state index contributed by atoms with van der Waals surface area (Å²) >= 11 is 5.83. The molecule has 0 saturated carbocycles. The number of aliphatic hydroxyl groups is 2. The van der Waals surface area contributed by atoms with Crippen LogP contribution in [-0.2, 0) is 4.79 Å². The molecule has 1 amide bonds. The van der Waals surface area contributed by atoms with Crippen LogP contribution >= 0.6 is 11.6 Å². The minimum atomic E-state index is -1.29. The zero-order valence-corrected chi connectivity index (χ0v) is 9.19. The summed E-state index contributed by atoms with van der Waals surface area (Å²) in [5, 5.41) is 19.5. The van der Waals surface area contributed by atoms with Crippen molar-refractivity contribution in [2.45, 2.75) is 18.6 Å². The molecule has 88 valence electrons. The molecule has 1 aromatic rings. The summed E-state index contributed by atoms with van der Waals surface area (Å²) in [6.45, 7) is 0. The van der Waals surface area contributed by atoms with Crippen molar-refractivity contribution in [1.29, 1.82) is 0 Å². The summed E-state index contributed by atoms with van der Waals surface area (Å²) in [4.78, 5) is 10.6. The molecule has 0 spiro atoms. The lowest BCUT2D eigenvalue weighted by Crippen LogP contribution is -2.25. The zero-order chi connectivity index (χ0) is 12.3. The van der Waals surface area contributed by atoms with E-state index < -0.39 is 18.1 Å². The second-order valence-corrected chi connectivity index (χ2v) is 3.87. The largest absolute Gasteiger partial charge is 0.399 e. The average Bonchev–Trinajstić information content (AvgIpc) is 2.19. The van der Waals surface area contributed by atoms with Crippen molar-refractivity contribution in [3.63, 3.8) is 0 Å². The van der Waals surface area contributed by atoms with Crippen LogP contribution in [0.3, 0.4) is 0 Å². The molecular formula is C10H13ClN2O3. The van der Waals surface area contributed by atoms with E-state index in [4.69, 9.17) is 23.1 Å². The number of primary amides is 1. The highest BCUT2D eigenvalue weighted by atomic mass is 35.5. The van der Waals surface area contributed by atoms with Crippen LogP contribution in [0.5, 0.6) is 0 Å². The van der Waals surface area contributed by atoms with Crippen molar-refractivity contribution in [2.24, 2.45) is 5.73 Å². The second-order valence-electron chi connectivity index (χ2n) is 3.46. The Balaban J connectivity index is 2.90. The quantitative estimate of drug-likeness (QED) is 0.567. The number of halogens is 1. The van der Waals surface area contributed by atoms with Crippen LogP contribution in [0.25, 0.3) is 0 Å². The second kappa shape index (κ2) is 5.16. The molecule has 0 heterocycles. The van der Waals surface area contributed by atoms with Crippen LogP contribution in [-0.4, -0.2) is 22.2 Å². The lowest BCUT2D eigenvalue weighted by Gasteiger charge is -2.18. The van der Waals surface area contributed by atoms with Gasteiger partial charge in [-0.3, -0.25) is 4.79 Å². The molecule has 0 fully saturated rings. The normalized spacial score (nSPS) is 14.4. The number of carbonyl (C=O) groups excluding carboxylic acids is 1. The van der Waals surface area contributed by atoms with E-state index in [9.17, 15) is 15.0 Å². The van der Waals surface area contributed by atoms with Gasteiger partial charge in [0.05, 0.1) is 12.5 Å². The molecule has 0 radical (unpaired) electrons. The summed E-state index contributed by atoms with van der Waals surface area (Å²) in [6, 6.07) is 4.52. The molecule has 0 aromatic heterocycles. The highest BCUT2D eigenvalue weighted by Gasteiger charge is 2.22. The Labute approximate surface area is 97.6 Å². The SMILES string of the molecule is NC(=O)CC(O)C(O)c1cc(N)ccc1Cl. The average molecular weight is 245 g/mol. The highest BCUT2D eigenvalue weighted by Crippen LogP contribution is 2.28. The van der Waals surface area contributed by atoms with Crippen LogP contribution in [0.4, 0.5) is 5.69 Å². The first-order chi connectivity index (χ1) is 7.41. The van der Waals surface area contributed by atoms with Crippen molar-refractivity contribution >= 4 is 23.2 Å². The molecule has 2 atom stereocenters. The number of hydrogen-bond donors (Lipinski definition) is 4. The van der Waals surface area contributed by atoms with Crippen molar-refractivity contribution in [3.05, 3.63) is 28.8 Å². The fourth-order valence-corrected chi connectivity index (χ4v) is 1.54. The Morgan fingerprint density at radius 1 is 1.44 bits per heavy atom. The van der Waals surface area contributed by atoms with Gasteiger partial charge in [-0.2, -0.15) is 0 Å². The van der Waals surface area contributed by atoms with Crippen molar-refractivity contribution < 1.29 is 15.0 Å². The summed E-state index contributed by atoms with van der Waals surface area (Å²) in [5.74, 6) is -0.702. The number of amides is 1. The van der Waals surface area contributed by atoms with Crippen LogP contribution in [0.15, 0.2) is 18.2 Å². The molecule has 0 aliphatic carbocycles. The molecule has 6 heteroatoms. The third kappa shape index (κ3) is 3.10. The molecule has 0 bridgehead atoms. The van der Waals surface area contributed by atoms with Crippen LogP contribution in [0.2, 0.25) is 5.02 Å².